The summed E-state index contributed by atoms with van der Waals surface area (Å²) >= 11 is 6.02. The van der Waals surface area contributed by atoms with Gasteiger partial charge >= 0.3 is 0 Å². The minimum absolute atomic E-state index is 0.115. The lowest BCUT2D eigenvalue weighted by molar-refractivity contribution is -0.116. The van der Waals surface area contributed by atoms with Gasteiger partial charge in [0.05, 0.1) is 15.6 Å². The first kappa shape index (κ1) is 23.3. The van der Waals surface area contributed by atoms with Crippen molar-refractivity contribution in [1.82, 2.24) is 10.2 Å². The van der Waals surface area contributed by atoms with E-state index in [1.807, 2.05) is 0 Å². The van der Waals surface area contributed by atoms with Crippen LogP contribution in [0.25, 0.3) is 6.08 Å². The maximum Gasteiger partial charge on any atom is 0.261 e. The van der Waals surface area contributed by atoms with Gasteiger partial charge in [0, 0.05) is 25.2 Å². The Kier molecular flexibility index (Phi) is 8.12. The molecule has 0 unspecified atom stereocenters. The lowest BCUT2D eigenvalue weighted by Crippen LogP contribution is -2.36. The molecule has 166 valence electrons. The fourth-order valence-electron chi connectivity index (χ4n) is 3.62. The largest absolute Gasteiger partial charge is 0.351 e. The molecule has 0 heterocycles. The number of halogens is 1. The molecular formula is C23H28ClN3O3S. The van der Waals surface area contributed by atoms with Crippen LogP contribution in [0.2, 0.25) is 5.02 Å². The summed E-state index contributed by atoms with van der Waals surface area (Å²) in [6.45, 7) is 1.43. The zero-order valence-corrected chi connectivity index (χ0v) is 19.1. The van der Waals surface area contributed by atoms with Crippen molar-refractivity contribution in [1.29, 1.82) is 0 Å². The Bertz CT molecular complexity index is 1020. The average Bonchev–Trinajstić information content (AvgIpc) is 3.29. The number of nitrogens with one attached hydrogen (secondary N) is 2. The number of rotatable bonds is 9. The van der Waals surface area contributed by atoms with E-state index in [1.54, 1.807) is 42.5 Å². The molecule has 1 aliphatic rings. The smallest absolute Gasteiger partial charge is 0.261 e. The van der Waals surface area contributed by atoms with E-state index in [0.717, 1.165) is 12.1 Å². The predicted octanol–water partition coefficient (Wildman–Crippen LogP) is 4.14. The molecule has 1 aliphatic carbocycles. The molecular weight excluding hydrogens is 434 g/mol. The van der Waals surface area contributed by atoms with Gasteiger partial charge in [-0.3, -0.25) is 9.52 Å². The quantitative estimate of drug-likeness (QED) is 0.550. The number of sulfonamides is 1. The van der Waals surface area contributed by atoms with Gasteiger partial charge in [-0.2, -0.15) is 0 Å². The van der Waals surface area contributed by atoms with E-state index >= 15 is 0 Å². The lowest BCUT2D eigenvalue weighted by atomic mass is 10.2. The number of carbonyl (C=O) groups excluding carboxylic acids is 1. The van der Waals surface area contributed by atoms with Crippen LogP contribution in [0.3, 0.4) is 0 Å². The Morgan fingerprint density at radius 2 is 1.81 bits per heavy atom. The number of nitrogens with zero attached hydrogens (tertiary/aromatic N) is 1. The zero-order valence-electron chi connectivity index (χ0n) is 17.6. The molecule has 0 aliphatic heterocycles. The normalized spacial score (nSPS) is 14.9. The highest BCUT2D eigenvalue weighted by Gasteiger charge is 2.19. The summed E-state index contributed by atoms with van der Waals surface area (Å²) in [5.41, 5.74) is 1.05. The number of anilines is 1. The van der Waals surface area contributed by atoms with Crippen molar-refractivity contribution in [3.05, 3.63) is 65.2 Å². The molecule has 0 bridgehead atoms. The van der Waals surface area contributed by atoms with E-state index < -0.39 is 10.0 Å². The summed E-state index contributed by atoms with van der Waals surface area (Å²) in [6.07, 6.45) is 8.18. The number of hydrogen-bond donors (Lipinski definition) is 2. The van der Waals surface area contributed by atoms with Crippen LogP contribution in [0.15, 0.2) is 59.5 Å². The highest BCUT2D eigenvalue weighted by Crippen LogP contribution is 2.24. The van der Waals surface area contributed by atoms with Crippen LogP contribution in [0.4, 0.5) is 5.69 Å². The van der Waals surface area contributed by atoms with Crippen molar-refractivity contribution >= 4 is 39.3 Å². The number of benzene rings is 2. The lowest BCUT2D eigenvalue weighted by Gasteiger charge is -2.23. The first-order valence-corrected chi connectivity index (χ1v) is 12.2. The third-order valence-electron chi connectivity index (χ3n) is 5.45. The predicted molar refractivity (Wildman–Crippen MR) is 126 cm³/mol. The van der Waals surface area contributed by atoms with Gasteiger partial charge in [-0.1, -0.05) is 48.7 Å². The van der Waals surface area contributed by atoms with Crippen LogP contribution in [0, 0.1) is 0 Å². The van der Waals surface area contributed by atoms with Gasteiger partial charge in [0.1, 0.15) is 0 Å². The Balaban J connectivity index is 1.50. The maximum absolute atomic E-state index is 12.5. The Morgan fingerprint density at radius 3 is 2.48 bits per heavy atom. The third kappa shape index (κ3) is 6.82. The molecule has 0 spiro atoms. The number of carbonyl (C=O) groups is 1. The molecule has 2 N–H and O–H groups in total. The van der Waals surface area contributed by atoms with Crippen molar-refractivity contribution in [2.24, 2.45) is 0 Å². The van der Waals surface area contributed by atoms with E-state index in [9.17, 15) is 13.2 Å². The van der Waals surface area contributed by atoms with Crippen molar-refractivity contribution in [2.75, 3.05) is 24.9 Å². The minimum Gasteiger partial charge on any atom is -0.351 e. The van der Waals surface area contributed by atoms with Crippen LogP contribution in [-0.4, -0.2) is 45.4 Å². The topological polar surface area (TPSA) is 78.5 Å². The highest BCUT2D eigenvalue weighted by atomic mass is 35.5. The van der Waals surface area contributed by atoms with Crippen LogP contribution in [0.1, 0.15) is 31.2 Å². The van der Waals surface area contributed by atoms with Gasteiger partial charge in [0.2, 0.25) is 5.91 Å². The number of para-hydroxylation sites is 1. The Morgan fingerprint density at radius 1 is 1.13 bits per heavy atom. The highest BCUT2D eigenvalue weighted by molar-refractivity contribution is 7.92. The summed E-state index contributed by atoms with van der Waals surface area (Å²) < 4.78 is 27.6. The molecule has 1 saturated carbocycles. The molecule has 2 aromatic carbocycles. The SMILES string of the molecule is CN(CCNC(=O)/C=C/c1ccc(S(=O)(=O)Nc2ccccc2Cl)cc1)C1CCCC1. The van der Waals surface area contributed by atoms with Gasteiger partial charge in [-0.25, -0.2) is 8.42 Å². The van der Waals surface area contributed by atoms with Gasteiger partial charge in [-0.05, 0) is 55.8 Å². The second-order valence-electron chi connectivity index (χ2n) is 7.70. The molecule has 0 radical (unpaired) electrons. The standard InChI is InChI=1S/C23H28ClN3O3S/c1-27(19-6-2-3-7-19)17-16-25-23(28)15-12-18-10-13-20(14-11-18)31(29,30)26-22-9-5-4-8-21(22)24/h4-5,8-15,19,26H,2-3,6-7,16-17H2,1H3,(H,25,28)/b15-12+. The molecule has 0 saturated heterocycles. The molecule has 31 heavy (non-hydrogen) atoms. The molecule has 0 aromatic heterocycles. The van der Waals surface area contributed by atoms with Gasteiger partial charge in [0.25, 0.3) is 10.0 Å². The monoisotopic (exact) mass is 461 g/mol. The second kappa shape index (κ2) is 10.8. The first-order valence-electron chi connectivity index (χ1n) is 10.4. The summed E-state index contributed by atoms with van der Waals surface area (Å²) in [7, 11) is -1.65. The number of hydrogen-bond acceptors (Lipinski definition) is 4. The number of amides is 1. The van der Waals surface area contributed by atoms with Crippen LogP contribution < -0.4 is 10.0 Å². The van der Waals surface area contributed by atoms with Gasteiger partial charge < -0.3 is 10.2 Å². The molecule has 2 aromatic rings. The molecule has 1 amide bonds. The van der Waals surface area contributed by atoms with Crippen LogP contribution in [0.5, 0.6) is 0 Å². The summed E-state index contributed by atoms with van der Waals surface area (Å²) in [5, 5.41) is 3.21. The van der Waals surface area contributed by atoms with Gasteiger partial charge in [0.15, 0.2) is 0 Å². The van der Waals surface area contributed by atoms with Crippen molar-refractivity contribution < 1.29 is 13.2 Å². The zero-order chi connectivity index (χ0) is 22.3. The van der Waals surface area contributed by atoms with Crippen molar-refractivity contribution in [3.63, 3.8) is 0 Å². The molecule has 8 heteroatoms. The summed E-state index contributed by atoms with van der Waals surface area (Å²) in [5.74, 6) is -0.170. The van der Waals surface area contributed by atoms with Crippen molar-refractivity contribution in [2.45, 2.75) is 36.6 Å². The Labute approximate surface area is 189 Å². The molecule has 3 rings (SSSR count). The van der Waals surface area contributed by atoms with E-state index in [1.165, 1.54) is 43.9 Å². The summed E-state index contributed by atoms with van der Waals surface area (Å²) in [4.78, 5) is 14.5. The van der Waals surface area contributed by atoms with E-state index in [4.69, 9.17) is 11.6 Å². The minimum atomic E-state index is -3.75. The Hall–Kier alpha value is -2.35. The van der Waals surface area contributed by atoms with Crippen molar-refractivity contribution in [3.8, 4) is 0 Å². The van der Waals surface area contributed by atoms with E-state index in [-0.39, 0.29) is 10.8 Å². The maximum atomic E-state index is 12.5. The molecule has 0 atom stereocenters. The first-order chi connectivity index (χ1) is 14.8. The second-order valence-corrected chi connectivity index (χ2v) is 9.79. The average molecular weight is 462 g/mol. The third-order valence-corrected chi connectivity index (χ3v) is 7.16. The van der Waals surface area contributed by atoms with Crippen LogP contribution >= 0.6 is 11.6 Å². The van der Waals surface area contributed by atoms with E-state index in [0.29, 0.717) is 23.3 Å². The number of likely N-dealkylation sites (N-methyl/N-ethyl adjacent to an activating group) is 1. The summed E-state index contributed by atoms with van der Waals surface area (Å²) in [6, 6.07) is 13.6. The van der Waals surface area contributed by atoms with Gasteiger partial charge in [-0.15, -0.1) is 0 Å². The molecule has 6 nitrogen and oxygen atoms in total. The van der Waals surface area contributed by atoms with E-state index in [2.05, 4.69) is 22.0 Å². The van der Waals surface area contributed by atoms with Crippen LogP contribution in [-0.2, 0) is 14.8 Å². The fraction of sp³-hybridized carbons (Fsp3) is 0.348. The fourth-order valence-corrected chi connectivity index (χ4v) is 4.94. The molecule has 1 fully saturated rings.